The molecule has 4 aromatic heterocycles. The van der Waals surface area contributed by atoms with Crippen molar-refractivity contribution in [1.29, 1.82) is 0 Å². The molecule has 21 rings (SSSR count). The van der Waals surface area contributed by atoms with Crippen LogP contribution in [0.25, 0.3) is 0 Å². The molecule has 0 radical (unpaired) electrons. The van der Waals surface area contributed by atoms with Gasteiger partial charge in [0.25, 0.3) is 23.6 Å². The van der Waals surface area contributed by atoms with Gasteiger partial charge in [0.15, 0.2) is 22.8 Å². The van der Waals surface area contributed by atoms with Gasteiger partial charge >= 0.3 is 0 Å². The molecule has 4 amide bonds. The Balaban J connectivity index is 0.000000119. The molecule has 2 bridgehead atoms. The van der Waals surface area contributed by atoms with Gasteiger partial charge in [-0.1, -0.05) is 267 Å². The smallest absolute Gasteiger partial charge is 0.286 e. The molecule has 19 heteroatoms. The third-order valence-electron chi connectivity index (χ3n) is 31.4. The van der Waals surface area contributed by atoms with Crippen molar-refractivity contribution in [2.45, 2.75) is 326 Å². The van der Waals surface area contributed by atoms with E-state index in [0.29, 0.717) is 65.8 Å². The van der Waals surface area contributed by atoms with Crippen LogP contribution in [0.2, 0.25) is 0 Å². The summed E-state index contributed by atoms with van der Waals surface area (Å²) in [4.78, 5) is 54.0. The molecule has 4 N–H and O–H groups in total. The van der Waals surface area contributed by atoms with Crippen LogP contribution in [0.3, 0.4) is 0 Å². The fraction of sp³-hybridized carbons (Fsp3) is 0.491. The van der Waals surface area contributed by atoms with Crippen LogP contribution in [0.4, 0.5) is 8.78 Å². The first kappa shape index (κ1) is 92.5. The number of nitrogens with one attached hydrogen (secondary N) is 4. The first-order chi connectivity index (χ1) is 64.9. The van der Waals surface area contributed by atoms with E-state index < -0.39 is 0 Å². The van der Waals surface area contributed by atoms with E-state index in [2.05, 4.69) is 181 Å². The van der Waals surface area contributed by atoms with Crippen LogP contribution in [-0.4, -0.2) is 92.9 Å². The van der Waals surface area contributed by atoms with Crippen molar-refractivity contribution in [3.63, 3.8) is 0 Å². The van der Waals surface area contributed by atoms with Gasteiger partial charge in [0.05, 0.1) is 42.6 Å². The van der Waals surface area contributed by atoms with Crippen LogP contribution in [0.5, 0.6) is 0 Å². The SMILES string of the molecule is CC12CCC(C1)C(C)(C)[C@H]2NC(=O)c1nn(Cc2ccccc2)c2c1CCCCC2c1ccccc1.C[C@H](NC(=O)c1nn(Cc2ccccc2)c2c1CCCCC2c1ccccc1)c1ccccc1.O=C(NC1CC1)c1nn(C2CCCCC2)c2c1CCCCC2Cc1cccc(F)c1.O=C(NN1CCCCC1)c1nn(C2CCCCC2)c2c1CCCCC2Cc1cccc(F)c1. The highest BCUT2D eigenvalue weighted by atomic mass is 19.1. The summed E-state index contributed by atoms with van der Waals surface area (Å²) >= 11 is 0. The summed E-state index contributed by atoms with van der Waals surface area (Å²) in [5.41, 5.74) is 23.7. The lowest BCUT2D eigenvalue weighted by Gasteiger charge is -2.43. The Bertz CT molecular complexity index is 5740. The molecule has 133 heavy (non-hydrogen) atoms. The quantitative estimate of drug-likeness (QED) is 0.0507. The van der Waals surface area contributed by atoms with Crippen molar-refractivity contribution in [2.75, 3.05) is 13.1 Å². The summed E-state index contributed by atoms with van der Waals surface area (Å²) < 4.78 is 36.5. The molecule has 1 aliphatic heterocycles. The molecule has 6 unspecified atom stereocenters. The van der Waals surface area contributed by atoms with Gasteiger partial charge in [0, 0.05) is 82.5 Å². The molecule has 5 heterocycles. The van der Waals surface area contributed by atoms with Gasteiger partial charge < -0.3 is 16.0 Å². The Hall–Kier alpha value is -10.9. The standard InChI is InChI=1S/C32H39N3O.C30H31N3O.C27H37FN4O.C25H32FN3O/c1-31(2)24-18-19-32(3,20-24)30(31)33-29(36)27-26-17-11-10-16-25(23-14-8-5-9-15-23)28(26)35(34-27)21-22-12-6-4-7-13-22;1-22(24-15-7-3-8-16-24)31-30(34)28-27-20-12-11-19-26(25-17-9-4-10-18-25)29(27)33(32-28)21-23-13-5-2-6-14-23;28-22-12-9-10-20(19-22)18-21-11-5-6-15-24-25(27(33)30-31-16-7-2-8-17-31)29-32(26(21)24)23-13-3-1-4-14-23;26-19-9-6-7-17(16-19)15-18-8-4-5-12-22-23(25(30)27-20-13-14-20)28-29(24(18)22)21-10-2-1-3-11-21/h4-9,12-15,24-25,30H,10-11,16-21H2,1-3H3,(H,33,36);2-10,13-18,22,26H,11-12,19-21H2,1H3,(H,31,34);9-10,12,19,21,23H,1-8,11,13-18H2,(H,30,33);6-7,9,16,18,20-21H,1-5,8,10-15H2,(H,27,30)/t24?,25?,30-,32?;22-,26?;;/m10../s1. The predicted molar refractivity (Wildman–Crippen MR) is 523 cm³/mol. The lowest BCUT2D eigenvalue weighted by molar-refractivity contribution is 0.0729. The van der Waals surface area contributed by atoms with Crippen LogP contribution < -0.4 is 21.4 Å². The zero-order chi connectivity index (χ0) is 91.4. The second-order valence-electron chi connectivity index (χ2n) is 41.2. The monoisotopic (exact) mass is 1790 g/mol. The summed E-state index contributed by atoms with van der Waals surface area (Å²) in [7, 11) is 0. The third-order valence-corrected chi connectivity index (χ3v) is 31.4. The van der Waals surface area contributed by atoms with Gasteiger partial charge in [-0.15, -0.1) is 0 Å². The molecular formula is C114H139F2N13O4. The molecule has 11 aromatic rings. The first-order valence-corrected chi connectivity index (χ1v) is 51.1. The lowest BCUT2D eigenvalue weighted by atomic mass is 9.68. The van der Waals surface area contributed by atoms with E-state index in [1.807, 2.05) is 55.5 Å². The molecule has 1 saturated heterocycles. The van der Waals surface area contributed by atoms with Crippen molar-refractivity contribution in [3.8, 4) is 0 Å². The molecule has 0 spiro atoms. The van der Waals surface area contributed by atoms with E-state index in [0.717, 1.165) is 213 Å². The topological polar surface area (TPSA) is 191 Å². The van der Waals surface area contributed by atoms with Crippen molar-refractivity contribution >= 4 is 23.6 Å². The minimum atomic E-state index is -0.177. The highest BCUT2D eigenvalue weighted by Gasteiger charge is 2.60. The van der Waals surface area contributed by atoms with Crippen LogP contribution in [0.15, 0.2) is 200 Å². The summed E-state index contributed by atoms with van der Waals surface area (Å²) in [5, 5.41) is 32.0. The number of aromatic nitrogens is 8. The molecule has 7 aromatic carbocycles. The van der Waals surface area contributed by atoms with Crippen molar-refractivity contribution in [2.24, 2.45) is 16.7 Å². The number of rotatable bonds is 21. The number of fused-ring (bicyclic) bond motifs is 6. The highest BCUT2D eigenvalue weighted by molar-refractivity contribution is 5.96. The minimum Gasteiger partial charge on any atom is -0.348 e. The van der Waals surface area contributed by atoms with Crippen LogP contribution in [0, 0.1) is 28.4 Å². The summed E-state index contributed by atoms with van der Waals surface area (Å²) in [6, 6.07) is 67.7. The maximum Gasteiger partial charge on any atom is 0.286 e. The zero-order valence-corrected chi connectivity index (χ0v) is 79.0. The van der Waals surface area contributed by atoms with Gasteiger partial charge in [0.2, 0.25) is 0 Å². The summed E-state index contributed by atoms with van der Waals surface area (Å²) in [5.74, 6) is 1.31. The van der Waals surface area contributed by atoms with Crippen LogP contribution in [0.1, 0.15) is 388 Å². The first-order valence-electron chi connectivity index (χ1n) is 51.1. The molecule has 5 saturated carbocycles. The van der Waals surface area contributed by atoms with Gasteiger partial charge in [-0.2, -0.15) is 20.4 Å². The van der Waals surface area contributed by atoms with Gasteiger partial charge in [-0.25, -0.2) is 13.8 Å². The number of hydrogen-bond acceptors (Lipinski definition) is 9. The van der Waals surface area contributed by atoms with E-state index in [1.165, 1.54) is 127 Å². The van der Waals surface area contributed by atoms with Gasteiger partial charge in [-0.05, 0) is 247 Å². The summed E-state index contributed by atoms with van der Waals surface area (Å²) in [6.07, 6.45) is 39.9. The Labute approximate surface area is 786 Å². The Morgan fingerprint density at radius 1 is 0.398 bits per heavy atom. The number of carbonyl (C=O) groups excluding carboxylic acids is 4. The lowest BCUT2D eigenvalue weighted by Crippen LogP contribution is -2.52. The van der Waals surface area contributed by atoms with E-state index in [9.17, 15) is 28.0 Å². The second kappa shape index (κ2) is 42.8. The number of halogens is 2. The number of hydrazine groups is 1. The highest BCUT2D eigenvalue weighted by Crippen LogP contribution is 2.62. The van der Waals surface area contributed by atoms with E-state index >= 15 is 0 Å². The van der Waals surface area contributed by atoms with Crippen LogP contribution in [-0.2, 0) is 51.6 Å². The fourth-order valence-corrected chi connectivity index (χ4v) is 24.5. The third kappa shape index (κ3) is 21.7. The number of carbonyl (C=O) groups is 4. The van der Waals surface area contributed by atoms with Crippen molar-refractivity contribution < 1.29 is 28.0 Å². The predicted octanol–water partition coefficient (Wildman–Crippen LogP) is 24.2. The van der Waals surface area contributed by atoms with E-state index in [1.54, 1.807) is 24.3 Å². The largest absolute Gasteiger partial charge is 0.348 e. The normalized spacial score (nSPS) is 22.5. The molecule has 8 atom stereocenters. The fourth-order valence-electron chi connectivity index (χ4n) is 24.5. The molecule has 698 valence electrons. The molecule has 9 aliphatic carbocycles. The molecular weight excluding hydrogens is 1650 g/mol. The molecule has 6 fully saturated rings. The number of benzene rings is 7. The van der Waals surface area contributed by atoms with Gasteiger partial charge in [0.1, 0.15) is 11.6 Å². The van der Waals surface area contributed by atoms with Gasteiger partial charge in [-0.3, -0.25) is 43.3 Å². The number of amides is 4. The Kier molecular flexibility index (Phi) is 29.7. The number of piperidine rings is 1. The maximum atomic E-state index is 14.0. The minimum absolute atomic E-state index is 0.00900. The summed E-state index contributed by atoms with van der Waals surface area (Å²) in [6.45, 7) is 12.3. The maximum absolute atomic E-state index is 14.0. The van der Waals surface area contributed by atoms with E-state index in [4.69, 9.17) is 20.4 Å². The van der Waals surface area contributed by atoms with Crippen molar-refractivity contribution in [3.05, 3.63) is 319 Å². The van der Waals surface area contributed by atoms with E-state index in [-0.39, 0.29) is 75.9 Å². The van der Waals surface area contributed by atoms with Crippen LogP contribution >= 0.6 is 0 Å². The average molecular weight is 1790 g/mol. The molecule has 17 nitrogen and oxygen atoms in total. The molecule has 10 aliphatic rings. The second-order valence-corrected chi connectivity index (χ2v) is 41.2. The Morgan fingerprint density at radius 2 is 0.797 bits per heavy atom. The Morgan fingerprint density at radius 3 is 1.25 bits per heavy atom. The number of nitrogens with zero attached hydrogens (tertiary/aromatic N) is 9. The van der Waals surface area contributed by atoms with Crippen molar-refractivity contribution in [1.82, 2.24) is 65.5 Å². The number of hydrogen-bond donors (Lipinski definition) is 4. The average Bonchev–Trinajstić information content (AvgIpc) is 1.56. The zero-order valence-electron chi connectivity index (χ0n) is 79.0.